The SMILES string of the molecule is O=C(N[C@@H]1CCSc2ccccc21)[C@@H]1CC(=O)N(Cc2ccccc2Cl)C1. The van der Waals surface area contributed by atoms with Crippen molar-refractivity contribution in [2.24, 2.45) is 5.92 Å². The largest absolute Gasteiger partial charge is 0.349 e. The lowest BCUT2D eigenvalue weighted by atomic mass is 10.0. The third-order valence-electron chi connectivity index (χ3n) is 5.18. The highest BCUT2D eigenvalue weighted by molar-refractivity contribution is 7.99. The van der Waals surface area contributed by atoms with Gasteiger partial charge in [0.15, 0.2) is 0 Å². The molecule has 0 spiro atoms. The Kier molecular flexibility index (Phi) is 5.41. The number of amides is 2. The van der Waals surface area contributed by atoms with Crippen LogP contribution in [0.3, 0.4) is 0 Å². The molecule has 0 saturated carbocycles. The molecule has 1 saturated heterocycles. The average Bonchev–Trinajstić information content (AvgIpc) is 3.05. The molecule has 6 heteroatoms. The van der Waals surface area contributed by atoms with Crippen LogP contribution < -0.4 is 5.32 Å². The number of halogens is 1. The third-order valence-corrected chi connectivity index (χ3v) is 6.67. The minimum Gasteiger partial charge on any atom is -0.349 e. The summed E-state index contributed by atoms with van der Waals surface area (Å²) in [6.07, 6.45) is 1.18. The van der Waals surface area contributed by atoms with E-state index in [2.05, 4.69) is 17.4 Å². The fourth-order valence-corrected chi connectivity index (χ4v) is 5.04. The van der Waals surface area contributed by atoms with Gasteiger partial charge in [-0.3, -0.25) is 9.59 Å². The van der Waals surface area contributed by atoms with Crippen LogP contribution in [0.25, 0.3) is 0 Å². The standard InChI is InChI=1S/C21H21ClN2O2S/c22-17-7-3-1-5-14(17)12-24-13-15(11-20(24)25)21(26)23-18-9-10-27-19-8-4-2-6-16(18)19/h1-8,15,18H,9-13H2,(H,23,26)/t15-,18-/m1/s1. The van der Waals surface area contributed by atoms with Gasteiger partial charge >= 0.3 is 0 Å². The van der Waals surface area contributed by atoms with Crippen molar-refractivity contribution in [3.05, 3.63) is 64.7 Å². The second kappa shape index (κ2) is 7.95. The molecule has 0 bridgehead atoms. The molecule has 2 aromatic rings. The van der Waals surface area contributed by atoms with E-state index in [1.165, 1.54) is 10.5 Å². The molecule has 1 N–H and O–H groups in total. The Bertz CT molecular complexity index is 873. The highest BCUT2D eigenvalue weighted by Gasteiger charge is 2.35. The Morgan fingerprint density at radius 3 is 2.81 bits per heavy atom. The van der Waals surface area contributed by atoms with Crippen molar-refractivity contribution in [3.8, 4) is 0 Å². The quantitative estimate of drug-likeness (QED) is 0.842. The van der Waals surface area contributed by atoms with Gasteiger partial charge in [-0.05, 0) is 29.7 Å². The van der Waals surface area contributed by atoms with Crippen molar-refractivity contribution < 1.29 is 9.59 Å². The number of hydrogen-bond acceptors (Lipinski definition) is 3. The molecule has 27 heavy (non-hydrogen) atoms. The Morgan fingerprint density at radius 2 is 1.96 bits per heavy atom. The van der Waals surface area contributed by atoms with Gasteiger partial charge < -0.3 is 10.2 Å². The van der Waals surface area contributed by atoms with Crippen LogP contribution in [0.1, 0.15) is 30.0 Å². The van der Waals surface area contributed by atoms with Gasteiger partial charge in [0.25, 0.3) is 0 Å². The lowest BCUT2D eigenvalue weighted by Crippen LogP contribution is -2.36. The van der Waals surface area contributed by atoms with Gasteiger partial charge in [-0.2, -0.15) is 0 Å². The van der Waals surface area contributed by atoms with E-state index in [1.807, 2.05) is 48.2 Å². The van der Waals surface area contributed by atoms with Gasteiger partial charge in [0, 0.05) is 35.2 Å². The van der Waals surface area contributed by atoms with Gasteiger partial charge in [0.2, 0.25) is 11.8 Å². The van der Waals surface area contributed by atoms with E-state index in [0.29, 0.717) is 18.1 Å². The van der Waals surface area contributed by atoms with Crippen LogP contribution in [-0.4, -0.2) is 29.0 Å². The van der Waals surface area contributed by atoms with Crippen molar-refractivity contribution in [2.75, 3.05) is 12.3 Å². The van der Waals surface area contributed by atoms with Crippen LogP contribution in [0.2, 0.25) is 5.02 Å². The summed E-state index contributed by atoms with van der Waals surface area (Å²) in [6, 6.07) is 15.8. The minimum atomic E-state index is -0.304. The maximum atomic E-state index is 12.8. The molecule has 2 atom stereocenters. The van der Waals surface area contributed by atoms with Crippen molar-refractivity contribution in [1.82, 2.24) is 10.2 Å². The molecule has 2 aromatic carbocycles. The molecule has 0 aromatic heterocycles. The first-order chi connectivity index (χ1) is 13.1. The van der Waals surface area contributed by atoms with Gasteiger partial charge in [-0.1, -0.05) is 48.0 Å². The van der Waals surface area contributed by atoms with Crippen molar-refractivity contribution in [2.45, 2.75) is 30.3 Å². The van der Waals surface area contributed by atoms with E-state index in [9.17, 15) is 9.59 Å². The first-order valence-electron chi connectivity index (χ1n) is 9.15. The smallest absolute Gasteiger partial charge is 0.225 e. The summed E-state index contributed by atoms with van der Waals surface area (Å²) in [5, 5.41) is 3.82. The van der Waals surface area contributed by atoms with E-state index in [4.69, 9.17) is 11.6 Å². The number of rotatable bonds is 4. The van der Waals surface area contributed by atoms with Gasteiger partial charge in [-0.25, -0.2) is 0 Å². The third kappa shape index (κ3) is 3.99. The summed E-state index contributed by atoms with van der Waals surface area (Å²) in [6.45, 7) is 0.893. The number of fused-ring (bicyclic) bond motifs is 1. The lowest BCUT2D eigenvalue weighted by Gasteiger charge is -2.27. The number of thioether (sulfide) groups is 1. The Balaban J connectivity index is 1.41. The zero-order valence-electron chi connectivity index (χ0n) is 14.9. The summed E-state index contributed by atoms with van der Waals surface area (Å²) >= 11 is 8.04. The number of nitrogens with zero attached hydrogens (tertiary/aromatic N) is 1. The second-order valence-corrected chi connectivity index (χ2v) is 8.55. The normalized spacial score (nSPS) is 21.8. The van der Waals surface area contributed by atoms with Crippen molar-refractivity contribution in [3.63, 3.8) is 0 Å². The van der Waals surface area contributed by atoms with Crippen LogP contribution in [0.5, 0.6) is 0 Å². The maximum absolute atomic E-state index is 12.8. The predicted molar refractivity (Wildman–Crippen MR) is 108 cm³/mol. The van der Waals surface area contributed by atoms with Crippen LogP contribution in [0.4, 0.5) is 0 Å². The average molecular weight is 401 g/mol. The Morgan fingerprint density at radius 1 is 1.19 bits per heavy atom. The molecule has 4 rings (SSSR count). The van der Waals surface area contributed by atoms with Crippen LogP contribution >= 0.6 is 23.4 Å². The molecule has 4 nitrogen and oxygen atoms in total. The number of carbonyl (C=O) groups excluding carboxylic acids is 2. The topological polar surface area (TPSA) is 49.4 Å². The number of carbonyl (C=O) groups is 2. The highest BCUT2D eigenvalue weighted by atomic mass is 35.5. The van der Waals surface area contributed by atoms with Crippen molar-refractivity contribution in [1.29, 1.82) is 0 Å². The number of hydrogen-bond donors (Lipinski definition) is 1. The number of benzene rings is 2. The molecule has 1 fully saturated rings. The van der Waals surface area contributed by atoms with E-state index >= 15 is 0 Å². The maximum Gasteiger partial charge on any atom is 0.225 e. The summed E-state index contributed by atoms with van der Waals surface area (Å²) in [5.41, 5.74) is 2.09. The zero-order chi connectivity index (χ0) is 18.8. The van der Waals surface area contributed by atoms with E-state index in [0.717, 1.165) is 17.7 Å². The summed E-state index contributed by atoms with van der Waals surface area (Å²) in [7, 11) is 0. The molecule has 0 radical (unpaired) electrons. The van der Waals surface area contributed by atoms with Gasteiger partial charge in [0.05, 0.1) is 12.0 Å². The Hall–Kier alpha value is -1.98. The predicted octanol–water partition coefficient (Wildman–Crippen LogP) is 4.04. The summed E-state index contributed by atoms with van der Waals surface area (Å²) < 4.78 is 0. The molecular weight excluding hydrogens is 380 g/mol. The second-order valence-electron chi connectivity index (χ2n) is 7.00. The van der Waals surface area contributed by atoms with E-state index in [-0.39, 0.29) is 30.2 Å². The minimum absolute atomic E-state index is 0.00895. The lowest BCUT2D eigenvalue weighted by molar-refractivity contribution is -0.129. The highest BCUT2D eigenvalue weighted by Crippen LogP contribution is 2.36. The molecule has 0 aliphatic carbocycles. The first kappa shape index (κ1) is 18.4. The molecule has 0 unspecified atom stereocenters. The van der Waals surface area contributed by atoms with Crippen LogP contribution in [0, 0.1) is 5.92 Å². The first-order valence-corrected chi connectivity index (χ1v) is 10.5. The van der Waals surface area contributed by atoms with Crippen LogP contribution in [-0.2, 0) is 16.1 Å². The molecule has 2 aliphatic rings. The van der Waals surface area contributed by atoms with Crippen LogP contribution in [0.15, 0.2) is 53.4 Å². The molecule has 2 heterocycles. The van der Waals surface area contributed by atoms with Gasteiger partial charge in [-0.15, -0.1) is 11.8 Å². The Labute approximate surface area is 168 Å². The van der Waals surface area contributed by atoms with E-state index < -0.39 is 0 Å². The molecule has 2 amide bonds. The van der Waals surface area contributed by atoms with Gasteiger partial charge in [0.1, 0.15) is 0 Å². The molecule has 140 valence electrons. The monoisotopic (exact) mass is 400 g/mol. The van der Waals surface area contributed by atoms with E-state index in [1.54, 1.807) is 4.90 Å². The molecule has 2 aliphatic heterocycles. The van der Waals surface area contributed by atoms with Crippen molar-refractivity contribution >= 4 is 35.2 Å². The summed E-state index contributed by atoms with van der Waals surface area (Å²) in [5.74, 6) is 0.664. The zero-order valence-corrected chi connectivity index (χ0v) is 16.4. The number of likely N-dealkylation sites (tertiary alicyclic amines) is 1. The fourth-order valence-electron chi connectivity index (χ4n) is 3.71. The molecular formula is C21H21ClN2O2S. The number of nitrogens with one attached hydrogen (secondary N) is 1. The fraction of sp³-hybridized carbons (Fsp3) is 0.333. The summed E-state index contributed by atoms with van der Waals surface area (Å²) in [4.78, 5) is 28.2.